The standard InChI is InChI=1S/C23H19F3N2O3S/c1-14-22(30)28(12-15-4-2-5-17(10-15)23(24,25)26)13-16-11-18(7-8-19(16)31-14)27-21(29)20-6-3-9-32-20/h2-11,14H,12-13H2,1H3,(H,27,29)/t14-/m1/s1. The fraction of sp³-hybridized carbons (Fsp3) is 0.217. The van der Waals surface area contributed by atoms with E-state index in [1.807, 2.05) is 0 Å². The molecule has 2 heterocycles. The van der Waals surface area contributed by atoms with Gasteiger partial charge in [0, 0.05) is 24.3 Å². The first kappa shape index (κ1) is 21.9. The van der Waals surface area contributed by atoms with E-state index < -0.39 is 17.8 Å². The number of ether oxygens (including phenoxy) is 1. The van der Waals surface area contributed by atoms with Crippen LogP contribution in [0.4, 0.5) is 18.9 Å². The van der Waals surface area contributed by atoms with E-state index in [1.165, 1.54) is 22.3 Å². The summed E-state index contributed by atoms with van der Waals surface area (Å²) in [5, 5.41) is 4.62. The quantitative estimate of drug-likeness (QED) is 0.573. The van der Waals surface area contributed by atoms with Crippen LogP contribution in [-0.2, 0) is 24.1 Å². The summed E-state index contributed by atoms with van der Waals surface area (Å²) in [5.74, 6) is -0.0888. The first-order valence-electron chi connectivity index (χ1n) is 9.80. The van der Waals surface area contributed by atoms with E-state index in [0.717, 1.165) is 12.1 Å². The van der Waals surface area contributed by atoms with Crippen molar-refractivity contribution < 1.29 is 27.5 Å². The second kappa shape index (κ2) is 8.66. The van der Waals surface area contributed by atoms with Crippen LogP contribution >= 0.6 is 11.3 Å². The van der Waals surface area contributed by atoms with Crippen LogP contribution in [0.15, 0.2) is 60.0 Å². The molecule has 2 amide bonds. The van der Waals surface area contributed by atoms with Crippen LogP contribution in [-0.4, -0.2) is 22.8 Å². The minimum absolute atomic E-state index is 0.00166. The van der Waals surface area contributed by atoms with Crippen molar-refractivity contribution in [3.05, 3.63) is 81.5 Å². The van der Waals surface area contributed by atoms with Crippen molar-refractivity contribution in [2.24, 2.45) is 0 Å². The van der Waals surface area contributed by atoms with E-state index in [0.29, 0.717) is 27.4 Å². The van der Waals surface area contributed by atoms with Gasteiger partial charge in [0.2, 0.25) is 0 Å². The highest BCUT2D eigenvalue weighted by Crippen LogP contribution is 2.32. The Morgan fingerprint density at radius 1 is 1.19 bits per heavy atom. The SMILES string of the molecule is C[C@H]1Oc2ccc(NC(=O)c3cccs3)cc2CN(Cc2cccc(C(F)(F)F)c2)C1=O. The van der Waals surface area contributed by atoms with Gasteiger partial charge in [0.15, 0.2) is 6.10 Å². The number of halogens is 3. The minimum atomic E-state index is -4.46. The third kappa shape index (κ3) is 4.77. The maximum Gasteiger partial charge on any atom is 0.416 e. The number of rotatable bonds is 4. The summed E-state index contributed by atoms with van der Waals surface area (Å²) in [5.41, 5.74) is 0.789. The van der Waals surface area contributed by atoms with Crippen molar-refractivity contribution in [2.45, 2.75) is 32.3 Å². The van der Waals surface area contributed by atoms with Crippen LogP contribution < -0.4 is 10.1 Å². The number of carbonyl (C=O) groups excluding carboxylic acids is 2. The molecule has 1 aromatic heterocycles. The lowest BCUT2D eigenvalue weighted by atomic mass is 10.1. The van der Waals surface area contributed by atoms with Gasteiger partial charge in [-0.1, -0.05) is 18.2 Å². The predicted molar refractivity (Wildman–Crippen MR) is 115 cm³/mol. The number of amides is 2. The Kier molecular flexibility index (Phi) is 5.92. The maximum absolute atomic E-state index is 13.1. The number of fused-ring (bicyclic) bond motifs is 1. The molecular formula is C23H19F3N2O3S. The fourth-order valence-electron chi connectivity index (χ4n) is 3.48. The van der Waals surface area contributed by atoms with Crippen molar-refractivity contribution >= 4 is 28.8 Å². The average Bonchev–Trinajstić information content (AvgIpc) is 3.26. The van der Waals surface area contributed by atoms with E-state index in [4.69, 9.17) is 4.74 Å². The predicted octanol–water partition coefficient (Wildman–Crippen LogP) is 5.33. The molecule has 1 atom stereocenters. The molecule has 0 radical (unpaired) electrons. The number of hydrogen-bond donors (Lipinski definition) is 1. The first-order valence-corrected chi connectivity index (χ1v) is 10.7. The molecule has 0 unspecified atom stereocenters. The minimum Gasteiger partial charge on any atom is -0.481 e. The van der Waals surface area contributed by atoms with E-state index in [2.05, 4.69) is 5.32 Å². The van der Waals surface area contributed by atoms with Crippen molar-refractivity contribution in [1.82, 2.24) is 4.90 Å². The molecule has 0 fully saturated rings. The van der Waals surface area contributed by atoms with Gasteiger partial charge < -0.3 is 15.0 Å². The average molecular weight is 460 g/mol. The highest BCUT2D eigenvalue weighted by atomic mass is 32.1. The molecule has 2 aromatic carbocycles. The lowest BCUT2D eigenvalue weighted by molar-refractivity contribution is -0.138. The van der Waals surface area contributed by atoms with E-state index >= 15 is 0 Å². The number of nitrogens with one attached hydrogen (secondary N) is 1. The maximum atomic E-state index is 13.1. The highest BCUT2D eigenvalue weighted by molar-refractivity contribution is 7.12. The molecule has 1 aliphatic rings. The number of hydrogen-bond acceptors (Lipinski definition) is 4. The highest BCUT2D eigenvalue weighted by Gasteiger charge is 2.32. The molecule has 1 aliphatic heterocycles. The van der Waals surface area contributed by atoms with Gasteiger partial charge in [-0.3, -0.25) is 9.59 Å². The Morgan fingerprint density at radius 2 is 2.00 bits per heavy atom. The second-order valence-corrected chi connectivity index (χ2v) is 8.35. The Hall–Kier alpha value is -3.33. The molecule has 9 heteroatoms. The number of carbonyl (C=O) groups is 2. The van der Waals surface area contributed by atoms with E-state index in [9.17, 15) is 22.8 Å². The third-order valence-corrected chi connectivity index (χ3v) is 5.88. The van der Waals surface area contributed by atoms with Gasteiger partial charge in [0.25, 0.3) is 11.8 Å². The molecule has 32 heavy (non-hydrogen) atoms. The van der Waals surface area contributed by atoms with Crippen LogP contribution in [0.1, 0.15) is 33.3 Å². The van der Waals surface area contributed by atoms with Gasteiger partial charge in [-0.25, -0.2) is 0 Å². The van der Waals surface area contributed by atoms with Gasteiger partial charge in [-0.15, -0.1) is 11.3 Å². The summed E-state index contributed by atoms with van der Waals surface area (Å²) in [7, 11) is 0. The van der Waals surface area contributed by atoms with Gasteiger partial charge >= 0.3 is 6.18 Å². The molecule has 0 spiro atoms. The first-order chi connectivity index (χ1) is 15.2. The molecule has 0 bridgehead atoms. The monoisotopic (exact) mass is 460 g/mol. The largest absolute Gasteiger partial charge is 0.481 e. The fourth-order valence-corrected chi connectivity index (χ4v) is 4.10. The van der Waals surface area contributed by atoms with Crippen molar-refractivity contribution in [1.29, 1.82) is 0 Å². The van der Waals surface area contributed by atoms with Gasteiger partial charge in [-0.05, 0) is 54.3 Å². The summed E-state index contributed by atoms with van der Waals surface area (Å²) >= 11 is 1.32. The zero-order chi connectivity index (χ0) is 22.9. The molecule has 166 valence electrons. The van der Waals surface area contributed by atoms with Crippen LogP contribution in [0.5, 0.6) is 5.75 Å². The number of anilines is 1. The lowest BCUT2D eigenvalue weighted by Crippen LogP contribution is -2.37. The zero-order valence-electron chi connectivity index (χ0n) is 17.0. The van der Waals surface area contributed by atoms with Gasteiger partial charge in [-0.2, -0.15) is 13.2 Å². The third-order valence-electron chi connectivity index (χ3n) is 5.02. The topological polar surface area (TPSA) is 58.6 Å². The molecule has 1 N–H and O–H groups in total. The summed E-state index contributed by atoms with van der Waals surface area (Å²) in [6.45, 7) is 1.74. The molecular weight excluding hydrogens is 441 g/mol. The number of thiophene rings is 1. The Labute approximate surface area is 186 Å². The second-order valence-electron chi connectivity index (χ2n) is 7.41. The lowest BCUT2D eigenvalue weighted by Gasteiger charge is -2.22. The van der Waals surface area contributed by atoms with Crippen LogP contribution in [0, 0.1) is 0 Å². The smallest absolute Gasteiger partial charge is 0.416 e. The van der Waals surface area contributed by atoms with E-state index in [1.54, 1.807) is 48.7 Å². The number of alkyl halides is 3. The Balaban J connectivity index is 1.58. The van der Waals surface area contributed by atoms with Gasteiger partial charge in [0.1, 0.15) is 5.75 Å². The molecule has 0 saturated carbocycles. The van der Waals surface area contributed by atoms with Crippen LogP contribution in [0.2, 0.25) is 0 Å². The Morgan fingerprint density at radius 3 is 2.72 bits per heavy atom. The summed E-state index contributed by atoms with van der Waals surface area (Å²) in [4.78, 5) is 27.2. The summed E-state index contributed by atoms with van der Waals surface area (Å²) < 4.78 is 45.0. The molecule has 4 rings (SSSR count). The molecule has 0 saturated heterocycles. The summed E-state index contributed by atoms with van der Waals surface area (Å²) in [6, 6.07) is 13.5. The molecule has 0 aliphatic carbocycles. The number of benzene rings is 2. The van der Waals surface area contributed by atoms with Crippen molar-refractivity contribution in [3.8, 4) is 5.75 Å². The van der Waals surface area contributed by atoms with Crippen molar-refractivity contribution in [2.75, 3.05) is 5.32 Å². The van der Waals surface area contributed by atoms with Crippen LogP contribution in [0.3, 0.4) is 0 Å². The number of nitrogens with zero attached hydrogens (tertiary/aromatic N) is 1. The molecule has 5 nitrogen and oxygen atoms in total. The van der Waals surface area contributed by atoms with E-state index in [-0.39, 0.29) is 24.9 Å². The van der Waals surface area contributed by atoms with Crippen LogP contribution in [0.25, 0.3) is 0 Å². The van der Waals surface area contributed by atoms with Crippen molar-refractivity contribution in [3.63, 3.8) is 0 Å². The molecule has 3 aromatic rings. The zero-order valence-corrected chi connectivity index (χ0v) is 17.8. The summed E-state index contributed by atoms with van der Waals surface area (Å²) in [6.07, 6.45) is -5.26. The normalized spacial score (nSPS) is 16.2. The van der Waals surface area contributed by atoms with Gasteiger partial charge in [0.05, 0.1) is 10.4 Å². The Bertz CT molecular complexity index is 1150.